The van der Waals surface area contributed by atoms with Crippen molar-refractivity contribution < 1.29 is 17.9 Å². The van der Waals surface area contributed by atoms with E-state index < -0.39 is 10.0 Å². The van der Waals surface area contributed by atoms with Gasteiger partial charge >= 0.3 is 0 Å². The molecule has 0 fully saturated rings. The third kappa shape index (κ3) is 6.76. The number of carbonyl (C=O) groups excluding carboxylic acids is 1. The van der Waals surface area contributed by atoms with Gasteiger partial charge in [0.1, 0.15) is 0 Å². The smallest absolute Gasteiger partial charge is 0.232 e. The molecule has 1 amide bonds. The monoisotopic (exact) mass is 362 g/mol. The summed E-state index contributed by atoms with van der Waals surface area (Å²) < 4.78 is 30.2. The Morgan fingerprint density at radius 3 is 2.70 bits per heavy atom. The SMILES string of the molecule is COCCNC(=O)CCCN(c1cc(Cl)ccc1C)S(C)(=O)=O. The molecule has 6 nitrogen and oxygen atoms in total. The van der Waals surface area contributed by atoms with Crippen molar-refractivity contribution in [3.63, 3.8) is 0 Å². The minimum Gasteiger partial charge on any atom is -0.383 e. The highest BCUT2D eigenvalue weighted by Crippen LogP contribution is 2.26. The van der Waals surface area contributed by atoms with Gasteiger partial charge < -0.3 is 10.1 Å². The predicted octanol–water partition coefficient (Wildman–Crippen LogP) is 1.96. The molecule has 23 heavy (non-hydrogen) atoms. The van der Waals surface area contributed by atoms with E-state index in [1.54, 1.807) is 25.3 Å². The van der Waals surface area contributed by atoms with Crippen LogP contribution in [0.4, 0.5) is 5.69 Å². The first-order valence-electron chi connectivity index (χ1n) is 7.25. The predicted molar refractivity (Wildman–Crippen MR) is 92.5 cm³/mol. The van der Waals surface area contributed by atoms with Gasteiger partial charge in [0.05, 0.1) is 18.6 Å². The first-order chi connectivity index (χ1) is 10.8. The Morgan fingerprint density at radius 1 is 1.39 bits per heavy atom. The van der Waals surface area contributed by atoms with E-state index in [0.29, 0.717) is 30.3 Å². The Morgan fingerprint density at radius 2 is 2.09 bits per heavy atom. The van der Waals surface area contributed by atoms with Gasteiger partial charge in [-0.15, -0.1) is 0 Å². The number of ether oxygens (including phenoxy) is 1. The molecule has 130 valence electrons. The van der Waals surface area contributed by atoms with Crippen molar-refractivity contribution >= 4 is 33.2 Å². The summed E-state index contributed by atoms with van der Waals surface area (Å²) in [4.78, 5) is 11.7. The molecule has 0 aromatic heterocycles. The number of carbonyl (C=O) groups is 1. The van der Waals surface area contributed by atoms with Crippen LogP contribution in [0.3, 0.4) is 0 Å². The second-order valence-corrected chi connectivity index (χ2v) is 7.56. The summed E-state index contributed by atoms with van der Waals surface area (Å²) in [5.74, 6) is -0.127. The first kappa shape index (κ1) is 19.7. The van der Waals surface area contributed by atoms with Crippen molar-refractivity contribution in [3.05, 3.63) is 28.8 Å². The van der Waals surface area contributed by atoms with E-state index in [-0.39, 0.29) is 18.9 Å². The number of hydrogen-bond donors (Lipinski definition) is 1. The summed E-state index contributed by atoms with van der Waals surface area (Å²) in [7, 11) is -1.89. The molecule has 0 saturated carbocycles. The van der Waals surface area contributed by atoms with Crippen molar-refractivity contribution in [2.45, 2.75) is 19.8 Å². The lowest BCUT2D eigenvalue weighted by molar-refractivity contribution is -0.121. The zero-order valence-electron chi connectivity index (χ0n) is 13.6. The van der Waals surface area contributed by atoms with E-state index in [4.69, 9.17) is 16.3 Å². The number of halogens is 1. The Labute approximate surface area is 142 Å². The van der Waals surface area contributed by atoms with Gasteiger partial charge in [-0.05, 0) is 31.0 Å². The Balaban J connectivity index is 2.71. The maximum atomic E-state index is 12.0. The second-order valence-electron chi connectivity index (χ2n) is 5.21. The van der Waals surface area contributed by atoms with Crippen LogP contribution in [0.1, 0.15) is 18.4 Å². The highest BCUT2D eigenvalue weighted by Gasteiger charge is 2.19. The molecular weight excluding hydrogens is 340 g/mol. The molecule has 0 radical (unpaired) electrons. The molecule has 0 heterocycles. The number of amides is 1. The molecule has 0 bridgehead atoms. The molecule has 1 aromatic carbocycles. The molecule has 0 spiro atoms. The van der Waals surface area contributed by atoms with E-state index in [9.17, 15) is 13.2 Å². The van der Waals surface area contributed by atoms with Crippen molar-refractivity contribution in [2.75, 3.05) is 37.4 Å². The molecule has 1 N–H and O–H groups in total. The van der Waals surface area contributed by atoms with Crippen molar-refractivity contribution in [2.24, 2.45) is 0 Å². The summed E-state index contributed by atoms with van der Waals surface area (Å²) in [5, 5.41) is 3.17. The lowest BCUT2D eigenvalue weighted by Gasteiger charge is -2.24. The summed E-state index contributed by atoms with van der Waals surface area (Å²) in [6.07, 6.45) is 1.80. The Bertz CT molecular complexity index is 634. The molecular formula is C15H23ClN2O4S. The lowest BCUT2D eigenvalue weighted by Crippen LogP contribution is -2.33. The number of anilines is 1. The first-order valence-corrected chi connectivity index (χ1v) is 9.48. The van der Waals surface area contributed by atoms with Crippen LogP contribution in [-0.4, -0.2) is 47.4 Å². The normalized spacial score (nSPS) is 11.3. The summed E-state index contributed by atoms with van der Waals surface area (Å²) in [6.45, 7) is 2.93. The van der Waals surface area contributed by atoms with Gasteiger partial charge in [0, 0.05) is 31.6 Å². The van der Waals surface area contributed by atoms with Crippen molar-refractivity contribution in [1.29, 1.82) is 0 Å². The van der Waals surface area contributed by atoms with E-state index >= 15 is 0 Å². The highest BCUT2D eigenvalue weighted by molar-refractivity contribution is 7.92. The quantitative estimate of drug-likeness (QED) is 0.681. The number of methoxy groups -OCH3 is 1. The van der Waals surface area contributed by atoms with Crippen LogP contribution in [0, 0.1) is 6.92 Å². The molecule has 1 rings (SSSR count). The fraction of sp³-hybridized carbons (Fsp3) is 0.533. The van der Waals surface area contributed by atoms with Crippen LogP contribution in [-0.2, 0) is 19.6 Å². The van der Waals surface area contributed by atoms with Gasteiger partial charge in [-0.2, -0.15) is 0 Å². The number of nitrogens with one attached hydrogen (secondary N) is 1. The minimum atomic E-state index is -3.45. The topological polar surface area (TPSA) is 75.7 Å². The minimum absolute atomic E-state index is 0.127. The maximum absolute atomic E-state index is 12.0. The fourth-order valence-electron chi connectivity index (χ4n) is 2.08. The number of benzene rings is 1. The number of aryl methyl sites for hydroxylation is 1. The number of rotatable bonds is 9. The van der Waals surface area contributed by atoms with Crippen LogP contribution in [0.5, 0.6) is 0 Å². The highest BCUT2D eigenvalue weighted by atomic mass is 35.5. The summed E-state index contributed by atoms with van der Waals surface area (Å²) in [6, 6.07) is 5.11. The molecule has 0 saturated heterocycles. The van der Waals surface area contributed by atoms with E-state index in [1.165, 1.54) is 4.31 Å². The number of nitrogens with zero attached hydrogens (tertiary/aromatic N) is 1. The Kier molecular flexibility index (Phi) is 7.81. The molecule has 8 heteroatoms. The average Bonchev–Trinajstić information content (AvgIpc) is 2.45. The molecule has 0 atom stereocenters. The fourth-order valence-corrected chi connectivity index (χ4v) is 3.26. The van der Waals surface area contributed by atoms with Gasteiger partial charge in [0.25, 0.3) is 0 Å². The third-order valence-corrected chi connectivity index (χ3v) is 4.65. The van der Waals surface area contributed by atoms with Gasteiger partial charge in [0.15, 0.2) is 0 Å². The number of sulfonamides is 1. The van der Waals surface area contributed by atoms with Crippen LogP contribution in [0.15, 0.2) is 18.2 Å². The van der Waals surface area contributed by atoms with Gasteiger partial charge in [0.2, 0.25) is 15.9 Å². The van der Waals surface area contributed by atoms with E-state index in [0.717, 1.165) is 11.8 Å². The van der Waals surface area contributed by atoms with Crippen LogP contribution < -0.4 is 9.62 Å². The average molecular weight is 363 g/mol. The molecule has 0 aliphatic carbocycles. The van der Waals surface area contributed by atoms with E-state index in [2.05, 4.69) is 5.32 Å². The van der Waals surface area contributed by atoms with Crippen molar-refractivity contribution in [3.8, 4) is 0 Å². The molecule has 0 unspecified atom stereocenters. The zero-order valence-corrected chi connectivity index (χ0v) is 15.2. The summed E-state index contributed by atoms with van der Waals surface area (Å²) >= 11 is 5.97. The molecule has 0 aliphatic rings. The van der Waals surface area contributed by atoms with Crippen LogP contribution >= 0.6 is 11.6 Å². The Hall–Kier alpha value is -1.31. The molecule has 1 aromatic rings. The number of hydrogen-bond acceptors (Lipinski definition) is 4. The maximum Gasteiger partial charge on any atom is 0.232 e. The van der Waals surface area contributed by atoms with Gasteiger partial charge in [-0.25, -0.2) is 8.42 Å². The van der Waals surface area contributed by atoms with Gasteiger partial charge in [-0.1, -0.05) is 17.7 Å². The third-order valence-electron chi connectivity index (χ3n) is 3.23. The van der Waals surface area contributed by atoms with E-state index in [1.807, 2.05) is 6.92 Å². The van der Waals surface area contributed by atoms with Crippen LogP contribution in [0.25, 0.3) is 0 Å². The zero-order chi connectivity index (χ0) is 17.5. The van der Waals surface area contributed by atoms with Crippen LogP contribution in [0.2, 0.25) is 5.02 Å². The lowest BCUT2D eigenvalue weighted by atomic mass is 10.2. The van der Waals surface area contributed by atoms with Crippen molar-refractivity contribution in [1.82, 2.24) is 5.32 Å². The largest absolute Gasteiger partial charge is 0.383 e. The molecule has 0 aliphatic heterocycles. The summed E-state index contributed by atoms with van der Waals surface area (Å²) in [5.41, 5.74) is 1.35. The second kappa shape index (κ2) is 9.10. The van der Waals surface area contributed by atoms with Gasteiger partial charge in [-0.3, -0.25) is 9.10 Å². The standard InChI is InChI=1S/C15H23ClN2O4S/c1-12-6-7-13(16)11-14(12)18(23(3,20)21)9-4-5-15(19)17-8-10-22-2/h6-7,11H,4-5,8-10H2,1-3H3,(H,17,19).